The summed E-state index contributed by atoms with van der Waals surface area (Å²) in [5.41, 5.74) is 0.480. The number of aromatic nitrogens is 3. The highest BCUT2D eigenvalue weighted by atomic mass is 32.1. The van der Waals surface area contributed by atoms with Crippen molar-refractivity contribution in [2.24, 2.45) is 0 Å². The van der Waals surface area contributed by atoms with Gasteiger partial charge in [0, 0.05) is 11.9 Å². The molecule has 3 rings (SSSR count). The summed E-state index contributed by atoms with van der Waals surface area (Å²) in [6, 6.07) is 6.99. The minimum absolute atomic E-state index is 0.201. The van der Waals surface area contributed by atoms with Crippen LogP contribution in [0.15, 0.2) is 47.1 Å². The molecule has 128 valence electrons. The molecule has 7 nitrogen and oxygen atoms in total. The Morgan fingerprint density at radius 2 is 2.24 bits per heavy atom. The molecule has 0 saturated heterocycles. The highest BCUT2D eigenvalue weighted by Crippen LogP contribution is 2.19. The van der Waals surface area contributed by atoms with Gasteiger partial charge in [-0.1, -0.05) is 18.2 Å². The molecule has 0 aliphatic carbocycles. The van der Waals surface area contributed by atoms with Gasteiger partial charge in [-0.2, -0.15) is 0 Å². The molecule has 2 N–H and O–H groups in total. The molecule has 0 aliphatic rings. The smallest absolute Gasteiger partial charge is 0.358 e. The molecule has 1 atom stereocenters. The van der Waals surface area contributed by atoms with E-state index < -0.39 is 12.1 Å². The van der Waals surface area contributed by atoms with Gasteiger partial charge in [-0.05, 0) is 19.1 Å². The van der Waals surface area contributed by atoms with E-state index in [2.05, 4.69) is 26.8 Å². The summed E-state index contributed by atoms with van der Waals surface area (Å²) in [7, 11) is 0. The molecular weight excluding hydrogens is 340 g/mol. The van der Waals surface area contributed by atoms with E-state index in [1.807, 2.05) is 0 Å². The number of nitrogens with one attached hydrogen (secondary N) is 2. The van der Waals surface area contributed by atoms with Crippen LogP contribution in [0.4, 0.5) is 5.13 Å². The van der Waals surface area contributed by atoms with Crippen LogP contribution in [-0.4, -0.2) is 27.5 Å². The minimum Gasteiger partial charge on any atom is -0.450 e. The number of para-hydroxylation sites is 1. The lowest BCUT2D eigenvalue weighted by molar-refractivity contribution is 0.0314. The fraction of sp³-hybridized carbons (Fsp3) is 0.176. The van der Waals surface area contributed by atoms with E-state index in [0.717, 1.165) is 0 Å². The van der Waals surface area contributed by atoms with Crippen LogP contribution in [0.5, 0.6) is 0 Å². The van der Waals surface area contributed by atoms with E-state index in [4.69, 9.17) is 4.74 Å². The van der Waals surface area contributed by atoms with E-state index >= 15 is 0 Å². The van der Waals surface area contributed by atoms with Gasteiger partial charge in [0.2, 0.25) is 0 Å². The number of aromatic amines is 1. The van der Waals surface area contributed by atoms with Crippen LogP contribution in [0.2, 0.25) is 0 Å². The summed E-state index contributed by atoms with van der Waals surface area (Å²) in [4.78, 5) is 35.5. The number of carbonyl (C=O) groups excluding carboxylic acids is 1. The van der Waals surface area contributed by atoms with Crippen molar-refractivity contribution in [3.63, 3.8) is 0 Å². The summed E-state index contributed by atoms with van der Waals surface area (Å²) >= 11 is 1.30. The van der Waals surface area contributed by atoms with Crippen molar-refractivity contribution < 1.29 is 9.53 Å². The Balaban J connectivity index is 1.76. The Bertz CT molecular complexity index is 979. The third-order valence-electron chi connectivity index (χ3n) is 3.41. The van der Waals surface area contributed by atoms with E-state index in [1.165, 1.54) is 11.3 Å². The van der Waals surface area contributed by atoms with Gasteiger partial charge in [-0.3, -0.25) is 4.79 Å². The normalized spacial score (nSPS) is 11.9. The standard InChI is InChI=1S/C17H16N4O3S/c1-3-8-18-17-20-13(9-25-17)16(23)24-10(2)14-19-12-7-5-4-6-11(12)15(22)21-14/h3-7,9-10H,1,8H2,2H3,(H,18,20)(H,19,21,22)/t10-/m0/s1. The Labute approximate surface area is 147 Å². The molecule has 3 aromatic rings. The largest absolute Gasteiger partial charge is 0.450 e. The Morgan fingerprint density at radius 3 is 3.04 bits per heavy atom. The van der Waals surface area contributed by atoms with Gasteiger partial charge in [0.15, 0.2) is 22.8 Å². The van der Waals surface area contributed by atoms with Gasteiger partial charge in [-0.25, -0.2) is 14.8 Å². The van der Waals surface area contributed by atoms with Crippen molar-refractivity contribution in [1.82, 2.24) is 15.0 Å². The highest BCUT2D eigenvalue weighted by Gasteiger charge is 2.19. The fourth-order valence-corrected chi connectivity index (χ4v) is 2.87. The van der Waals surface area contributed by atoms with Crippen molar-refractivity contribution in [3.05, 3.63) is 64.2 Å². The predicted octanol–water partition coefficient (Wildman–Crippen LogP) is 2.90. The zero-order valence-electron chi connectivity index (χ0n) is 13.5. The maximum absolute atomic E-state index is 12.2. The van der Waals surface area contributed by atoms with Crippen LogP contribution >= 0.6 is 11.3 Å². The van der Waals surface area contributed by atoms with Gasteiger partial charge in [0.1, 0.15) is 0 Å². The van der Waals surface area contributed by atoms with Crippen molar-refractivity contribution in [3.8, 4) is 0 Å². The third kappa shape index (κ3) is 3.74. The van der Waals surface area contributed by atoms with Crippen molar-refractivity contribution in [2.45, 2.75) is 13.0 Å². The number of thiazole rings is 1. The summed E-state index contributed by atoms with van der Waals surface area (Å²) in [5.74, 6) is -0.288. The van der Waals surface area contributed by atoms with E-state index in [0.29, 0.717) is 22.6 Å². The lowest BCUT2D eigenvalue weighted by Gasteiger charge is -2.12. The summed E-state index contributed by atoms with van der Waals surface area (Å²) < 4.78 is 5.37. The van der Waals surface area contributed by atoms with Crippen LogP contribution in [0.1, 0.15) is 29.3 Å². The Morgan fingerprint density at radius 1 is 1.44 bits per heavy atom. The zero-order chi connectivity index (χ0) is 17.8. The molecule has 25 heavy (non-hydrogen) atoms. The highest BCUT2D eigenvalue weighted by molar-refractivity contribution is 7.13. The topological polar surface area (TPSA) is 97.0 Å². The van der Waals surface area contributed by atoms with Crippen LogP contribution in [0.3, 0.4) is 0 Å². The number of nitrogens with zero attached hydrogens (tertiary/aromatic N) is 2. The molecule has 1 aromatic carbocycles. The molecule has 8 heteroatoms. The number of H-pyrrole nitrogens is 1. The SMILES string of the molecule is C=CCNc1nc(C(=O)O[C@@H](C)c2nc3ccccc3c(=O)[nH]2)cs1. The Hall–Kier alpha value is -3.00. The number of benzene rings is 1. The zero-order valence-corrected chi connectivity index (χ0v) is 14.3. The fourth-order valence-electron chi connectivity index (χ4n) is 2.18. The number of carbonyl (C=O) groups is 1. The van der Waals surface area contributed by atoms with E-state index in [1.54, 1.807) is 42.6 Å². The summed E-state index contributed by atoms with van der Waals surface area (Å²) in [6.07, 6.45) is 0.986. The van der Waals surface area contributed by atoms with Gasteiger partial charge >= 0.3 is 5.97 Å². The molecule has 0 bridgehead atoms. The maximum atomic E-state index is 12.2. The van der Waals surface area contributed by atoms with Crippen molar-refractivity contribution in [1.29, 1.82) is 0 Å². The summed E-state index contributed by atoms with van der Waals surface area (Å²) in [6.45, 7) is 5.81. The molecule has 0 aliphatic heterocycles. The van der Waals surface area contributed by atoms with Crippen molar-refractivity contribution in [2.75, 3.05) is 11.9 Å². The molecular formula is C17H16N4O3S. The average Bonchev–Trinajstić information content (AvgIpc) is 3.09. The predicted molar refractivity (Wildman–Crippen MR) is 97.0 cm³/mol. The number of anilines is 1. The molecule has 0 amide bonds. The lowest BCUT2D eigenvalue weighted by Crippen LogP contribution is -2.17. The first-order valence-corrected chi connectivity index (χ1v) is 8.46. The number of ether oxygens (including phenoxy) is 1. The quantitative estimate of drug-likeness (QED) is 0.521. The summed E-state index contributed by atoms with van der Waals surface area (Å²) in [5, 5.41) is 5.71. The molecule has 0 unspecified atom stereocenters. The first kappa shape index (κ1) is 16.8. The number of hydrogen-bond donors (Lipinski definition) is 2. The number of rotatable bonds is 6. The first-order chi connectivity index (χ1) is 12.1. The van der Waals surface area contributed by atoms with Gasteiger partial charge < -0.3 is 15.0 Å². The van der Waals surface area contributed by atoms with E-state index in [9.17, 15) is 9.59 Å². The second-order valence-electron chi connectivity index (χ2n) is 5.22. The number of fused-ring (bicyclic) bond motifs is 1. The van der Waals surface area contributed by atoms with Gasteiger partial charge in [-0.15, -0.1) is 17.9 Å². The second kappa shape index (κ2) is 7.27. The van der Waals surface area contributed by atoms with Crippen LogP contribution in [-0.2, 0) is 4.74 Å². The minimum atomic E-state index is -0.712. The molecule has 0 fully saturated rings. The molecule has 0 spiro atoms. The average molecular weight is 356 g/mol. The monoisotopic (exact) mass is 356 g/mol. The molecule has 2 heterocycles. The van der Waals surface area contributed by atoms with Gasteiger partial charge in [0.05, 0.1) is 10.9 Å². The van der Waals surface area contributed by atoms with Gasteiger partial charge in [0.25, 0.3) is 5.56 Å². The molecule has 0 radical (unpaired) electrons. The van der Waals surface area contributed by atoms with E-state index in [-0.39, 0.29) is 17.1 Å². The van der Waals surface area contributed by atoms with Crippen LogP contribution < -0.4 is 10.9 Å². The van der Waals surface area contributed by atoms with Crippen LogP contribution in [0.25, 0.3) is 10.9 Å². The molecule has 0 saturated carbocycles. The number of hydrogen-bond acceptors (Lipinski definition) is 7. The molecule has 2 aromatic heterocycles. The number of esters is 1. The van der Waals surface area contributed by atoms with Crippen molar-refractivity contribution >= 4 is 33.3 Å². The first-order valence-electron chi connectivity index (χ1n) is 7.58. The third-order valence-corrected chi connectivity index (χ3v) is 4.21. The lowest BCUT2D eigenvalue weighted by atomic mass is 10.2. The Kier molecular flexibility index (Phi) is 4.90. The van der Waals surface area contributed by atoms with Crippen LogP contribution in [0, 0.1) is 0 Å². The maximum Gasteiger partial charge on any atom is 0.358 e. The second-order valence-corrected chi connectivity index (χ2v) is 6.08.